The second-order valence-corrected chi connectivity index (χ2v) is 4.25. The molecule has 1 aliphatic heterocycles. The third-order valence-electron chi connectivity index (χ3n) is 3.10. The summed E-state index contributed by atoms with van der Waals surface area (Å²) in [5.41, 5.74) is 0.883. The molecule has 1 heterocycles. The van der Waals surface area contributed by atoms with Gasteiger partial charge >= 0.3 is 0 Å². The van der Waals surface area contributed by atoms with Gasteiger partial charge < -0.3 is 31.9 Å². The van der Waals surface area contributed by atoms with E-state index < -0.39 is 0 Å². The maximum Gasteiger partial charge on any atom is 0.191 e. The zero-order valence-corrected chi connectivity index (χ0v) is 11.6. The second-order valence-electron chi connectivity index (χ2n) is 4.25. The molecule has 0 aliphatic carbocycles. The van der Waals surface area contributed by atoms with Gasteiger partial charge in [0.1, 0.15) is 11.4 Å². The van der Waals surface area contributed by atoms with Gasteiger partial charge in [0.15, 0.2) is 11.7 Å². The van der Waals surface area contributed by atoms with Crippen molar-refractivity contribution in [2.45, 2.75) is 13.8 Å². The number of oxime groups is 2. The molecule has 0 saturated carbocycles. The Kier molecular flexibility index (Phi) is 5.56. The minimum atomic E-state index is 0.332. The smallest absolute Gasteiger partial charge is 0.191 e. The topological polar surface area (TPSA) is 148 Å². The zero-order chi connectivity index (χ0) is 15.1. The third-order valence-corrected chi connectivity index (χ3v) is 3.10. The Bertz CT molecular complexity index is 406. The Morgan fingerprint density at radius 1 is 0.800 bits per heavy atom. The maximum absolute atomic E-state index is 9.02. The molecular weight excluding hydrogens is 264 g/mol. The molecule has 1 rings (SSSR count). The first-order valence-corrected chi connectivity index (χ1v) is 6.02. The highest BCUT2D eigenvalue weighted by atomic mass is 16.4. The lowest BCUT2D eigenvalue weighted by molar-refractivity contribution is 0.237. The van der Waals surface area contributed by atoms with Gasteiger partial charge in [-0.15, -0.1) is 0 Å². The fourth-order valence-electron chi connectivity index (χ4n) is 1.97. The van der Waals surface area contributed by atoms with Gasteiger partial charge in [-0.1, -0.05) is 10.3 Å². The Balaban J connectivity index is 2.73. The number of hydrogen-bond acceptors (Lipinski definition) is 8. The molecule has 0 aromatic carbocycles. The number of piperazine rings is 1. The van der Waals surface area contributed by atoms with E-state index in [1.54, 1.807) is 13.8 Å². The lowest BCUT2D eigenvalue weighted by Gasteiger charge is -2.36. The van der Waals surface area contributed by atoms with Gasteiger partial charge in [0.2, 0.25) is 0 Å². The molecule has 0 radical (unpaired) electrons. The Hall–Kier alpha value is -2.52. The summed E-state index contributed by atoms with van der Waals surface area (Å²) >= 11 is 0. The van der Waals surface area contributed by atoms with Crippen molar-refractivity contribution in [2.75, 3.05) is 26.2 Å². The van der Waals surface area contributed by atoms with Crippen LogP contribution in [0, 0.1) is 0 Å². The molecular formula is C10H20N8O2. The van der Waals surface area contributed by atoms with Crippen LogP contribution in [0.3, 0.4) is 0 Å². The van der Waals surface area contributed by atoms with Crippen LogP contribution in [0.4, 0.5) is 0 Å². The zero-order valence-electron chi connectivity index (χ0n) is 11.6. The maximum atomic E-state index is 9.02. The molecule has 0 unspecified atom stereocenters. The van der Waals surface area contributed by atoms with Gasteiger partial charge in [-0.05, 0) is 13.8 Å². The van der Waals surface area contributed by atoms with E-state index >= 15 is 0 Å². The summed E-state index contributed by atoms with van der Waals surface area (Å²) in [5, 5.41) is 31.5. The molecule has 0 bridgehead atoms. The largest absolute Gasteiger partial charge is 0.409 e. The fraction of sp³-hybridized carbons (Fsp3) is 0.600. The van der Waals surface area contributed by atoms with Crippen LogP contribution < -0.4 is 11.7 Å². The molecule has 10 nitrogen and oxygen atoms in total. The van der Waals surface area contributed by atoms with E-state index in [1.165, 1.54) is 0 Å². The van der Waals surface area contributed by atoms with Gasteiger partial charge in [-0.3, -0.25) is 0 Å². The predicted octanol–water partition coefficient (Wildman–Crippen LogP) is -1.15. The molecule has 0 atom stereocenters. The molecule has 0 aromatic heterocycles. The second kappa shape index (κ2) is 7.16. The number of hydrogen-bond donors (Lipinski definition) is 4. The summed E-state index contributed by atoms with van der Waals surface area (Å²) in [5.74, 6) is 11.0. The minimum Gasteiger partial charge on any atom is -0.409 e. The highest BCUT2D eigenvalue weighted by molar-refractivity contribution is 6.41. The molecule has 6 N–H and O–H groups in total. The predicted molar refractivity (Wildman–Crippen MR) is 76.2 cm³/mol. The standard InChI is InChI=1S/C10H20N8O2/c1-7(13-11)9(15-19)17-3-5-18(6-4-17)10(16-20)8(2)14-12/h19-20H,3-6,11-12H2,1-2H3/b13-7+,14-8+,15-9+,16-10+. The normalized spacial score (nSPS) is 19.5. The summed E-state index contributed by atoms with van der Waals surface area (Å²) in [7, 11) is 0. The fourth-order valence-corrected chi connectivity index (χ4v) is 1.97. The highest BCUT2D eigenvalue weighted by Gasteiger charge is 2.25. The van der Waals surface area contributed by atoms with Gasteiger partial charge in [-0.2, -0.15) is 10.2 Å². The molecule has 10 heteroatoms. The molecule has 0 spiro atoms. The number of rotatable bonds is 2. The van der Waals surface area contributed by atoms with Gasteiger partial charge in [0.25, 0.3) is 0 Å². The average molecular weight is 284 g/mol. The van der Waals surface area contributed by atoms with Crippen LogP contribution >= 0.6 is 0 Å². The van der Waals surface area contributed by atoms with Crippen molar-refractivity contribution in [2.24, 2.45) is 32.2 Å². The number of nitrogens with zero attached hydrogens (tertiary/aromatic N) is 6. The van der Waals surface area contributed by atoms with Gasteiger partial charge in [0, 0.05) is 26.2 Å². The average Bonchev–Trinajstić information content (AvgIpc) is 2.49. The SMILES string of the molecule is CC(=N\N)/C(=N\O)N1CCN(C(=N/O)/C(C)=N/N)CC1. The summed E-state index contributed by atoms with van der Waals surface area (Å²) in [6, 6.07) is 0. The van der Waals surface area contributed by atoms with E-state index in [1.807, 2.05) is 9.80 Å². The lowest BCUT2D eigenvalue weighted by atomic mass is 10.2. The van der Waals surface area contributed by atoms with E-state index in [0.717, 1.165) is 0 Å². The van der Waals surface area contributed by atoms with Crippen molar-refractivity contribution >= 4 is 23.1 Å². The monoisotopic (exact) mass is 284 g/mol. The van der Waals surface area contributed by atoms with Crippen LogP contribution in [0.1, 0.15) is 13.8 Å². The van der Waals surface area contributed by atoms with Crippen LogP contribution in [0.15, 0.2) is 20.5 Å². The summed E-state index contributed by atoms with van der Waals surface area (Å²) < 4.78 is 0. The Morgan fingerprint density at radius 2 is 1.10 bits per heavy atom. The molecule has 0 aromatic rings. The van der Waals surface area contributed by atoms with Crippen molar-refractivity contribution in [3.8, 4) is 0 Å². The quantitative estimate of drug-likeness (QED) is 0.165. The first kappa shape index (κ1) is 15.5. The number of hydrazone groups is 2. The van der Waals surface area contributed by atoms with Gasteiger partial charge in [-0.25, -0.2) is 0 Å². The van der Waals surface area contributed by atoms with Crippen LogP contribution in [-0.2, 0) is 0 Å². The molecule has 1 aliphatic rings. The molecule has 20 heavy (non-hydrogen) atoms. The third kappa shape index (κ3) is 3.28. The number of nitrogens with two attached hydrogens (primary N) is 2. The molecule has 0 amide bonds. The van der Waals surface area contributed by atoms with Crippen molar-refractivity contribution in [1.29, 1.82) is 0 Å². The van der Waals surface area contributed by atoms with E-state index in [-0.39, 0.29) is 0 Å². The van der Waals surface area contributed by atoms with Crippen LogP contribution in [0.25, 0.3) is 0 Å². The molecule has 1 fully saturated rings. The summed E-state index contributed by atoms with van der Waals surface area (Å²) in [4.78, 5) is 3.68. The van der Waals surface area contributed by atoms with Crippen molar-refractivity contribution in [3.63, 3.8) is 0 Å². The summed E-state index contributed by atoms with van der Waals surface area (Å²) in [6.45, 7) is 5.55. The van der Waals surface area contributed by atoms with Crippen LogP contribution in [-0.4, -0.2) is 69.5 Å². The first-order valence-electron chi connectivity index (χ1n) is 6.02. The Morgan fingerprint density at radius 3 is 1.30 bits per heavy atom. The lowest BCUT2D eigenvalue weighted by Crippen LogP contribution is -2.53. The van der Waals surface area contributed by atoms with E-state index in [4.69, 9.17) is 22.1 Å². The highest BCUT2D eigenvalue weighted by Crippen LogP contribution is 2.06. The van der Waals surface area contributed by atoms with Crippen molar-refractivity contribution in [3.05, 3.63) is 0 Å². The molecule has 1 saturated heterocycles. The number of amidine groups is 2. The first-order chi connectivity index (χ1) is 9.58. The van der Waals surface area contributed by atoms with Crippen LogP contribution in [0.2, 0.25) is 0 Å². The van der Waals surface area contributed by atoms with Gasteiger partial charge in [0.05, 0.1) is 0 Å². The van der Waals surface area contributed by atoms with E-state index in [9.17, 15) is 0 Å². The minimum absolute atomic E-state index is 0.332. The van der Waals surface area contributed by atoms with Crippen LogP contribution in [0.5, 0.6) is 0 Å². The van der Waals surface area contributed by atoms with E-state index in [2.05, 4.69) is 20.5 Å². The van der Waals surface area contributed by atoms with Crippen molar-refractivity contribution < 1.29 is 10.4 Å². The van der Waals surface area contributed by atoms with Crippen molar-refractivity contribution in [1.82, 2.24) is 9.80 Å². The summed E-state index contributed by atoms with van der Waals surface area (Å²) in [6.07, 6.45) is 0. The molecule has 112 valence electrons. The Labute approximate surface area is 116 Å². The van der Waals surface area contributed by atoms with E-state index in [0.29, 0.717) is 49.3 Å².